The van der Waals surface area contributed by atoms with Gasteiger partial charge in [0.2, 0.25) is 0 Å². The predicted octanol–water partition coefficient (Wildman–Crippen LogP) is -0.359. The number of fused-ring (bicyclic) bond motifs is 1. The van der Waals surface area contributed by atoms with Crippen LogP contribution < -0.4 is 36.1 Å². The first kappa shape index (κ1) is 20.4. The molecule has 0 radical (unpaired) electrons. The molecule has 0 fully saturated rings. The number of hydrogen-bond acceptors (Lipinski definition) is 6. The Labute approximate surface area is 184 Å². The zero-order chi connectivity index (χ0) is 19.1. The molecule has 29 heavy (non-hydrogen) atoms. The van der Waals surface area contributed by atoms with Gasteiger partial charge in [-0.1, -0.05) is 0 Å². The summed E-state index contributed by atoms with van der Waals surface area (Å²) in [6, 6.07) is 13.7. The zero-order valence-corrected chi connectivity index (χ0v) is 18.5. The van der Waals surface area contributed by atoms with E-state index in [0.29, 0.717) is 25.5 Å². The van der Waals surface area contributed by atoms with Gasteiger partial charge in [-0.15, -0.1) is 0 Å². The minimum absolute atomic E-state index is 0. The lowest BCUT2D eigenvalue weighted by Crippen LogP contribution is -3.00. The van der Waals surface area contributed by atoms with Crippen molar-refractivity contribution in [2.24, 2.45) is 0 Å². The summed E-state index contributed by atoms with van der Waals surface area (Å²) < 4.78 is 18.8. The standard InChI is InChI=1S/C21H23N2O4S.BrH/c1-25-17-6-4-16(5-7-17)22-14-21(24,23-9-2-12-28-20(22)23)15-3-8-18-19(13-15)27-11-10-26-18;/h3-8,13,24H,2,9-12,14H2,1H3;1H/q+1;/p-1. The summed E-state index contributed by atoms with van der Waals surface area (Å²) in [7, 11) is 1.67. The molecule has 8 heteroatoms. The van der Waals surface area contributed by atoms with Crippen molar-refractivity contribution < 1.29 is 40.9 Å². The molecule has 0 bridgehead atoms. The molecule has 0 aromatic heterocycles. The molecular formula is C21H23BrN2O4S. The van der Waals surface area contributed by atoms with Gasteiger partial charge >= 0.3 is 5.17 Å². The van der Waals surface area contributed by atoms with Crippen LogP contribution in [0, 0.1) is 0 Å². The first-order chi connectivity index (χ1) is 13.7. The van der Waals surface area contributed by atoms with Gasteiger partial charge in [0, 0.05) is 11.3 Å². The van der Waals surface area contributed by atoms with Crippen LogP contribution in [0.1, 0.15) is 12.0 Å². The highest BCUT2D eigenvalue weighted by molar-refractivity contribution is 8.13. The monoisotopic (exact) mass is 478 g/mol. The summed E-state index contributed by atoms with van der Waals surface area (Å²) in [6.45, 7) is 2.37. The first-order valence-electron chi connectivity index (χ1n) is 9.50. The van der Waals surface area contributed by atoms with Crippen molar-refractivity contribution >= 4 is 22.6 Å². The van der Waals surface area contributed by atoms with Crippen LogP contribution in [0.25, 0.3) is 0 Å². The van der Waals surface area contributed by atoms with E-state index >= 15 is 0 Å². The van der Waals surface area contributed by atoms with E-state index in [-0.39, 0.29) is 17.0 Å². The fourth-order valence-corrected chi connectivity index (χ4v) is 5.18. The number of hydrogen-bond donors (Lipinski definition) is 1. The van der Waals surface area contributed by atoms with E-state index in [1.54, 1.807) is 18.9 Å². The Kier molecular flexibility index (Phi) is 5.68. The van der Waals surface area contributed by atoms with Crippen LogP contribution in [0.4, 0.5) is 5.69 Å². The van der Waals surface area contributed by atoms with Crippen molar-refractivity contribution in [1.29, 1.82) is 0 Å². The maximum atomic E-state index is 11.8. The average molecular weight is 479 g/mol. The van der Waals surface area contributed by atoms with Crippen LogP contribution in [0.15, 0.2) is 42.5 Å². The van der Waals surface area contributed by atoms with Gasteiger partial charge in [0.05, 0.1) is 13.7 Å². The van der Waals surface area contributed by atoms with Gasteiger partial charge in [-0.05, 0) is 60.6 Å². The van der Waals surface area contributed by atoms with Gasteiger partial charge in [-0.2, -0.15) is 0 Å². The molecule has 2 aromatic rings. The van der Waals surface area contributed by atoms with Crippen molar-refractivity contribution in [1.82, 2.24) is 0 Å². The molecule has 0 spiro atoms. The lowest BCUT2D eigenvalue weighted by molar-refractivity contribution is -0.656. The second-order valence-corrected chi connectivity index (χ2v) is 8.16. The third kappa shape index (κ3) is 3.47. The number of amidine groups is 1. The Morgan fingerprint density at radius 3 is 2.62 bits per heavy atom. The van der Waals surface area contributed by atoms with E-state index in [9.17, 15) is 5.11 Å². The van der Waals surface area contributed by atoms with Gasteiger partial charge in [0.15, 0.2) is 18.0 Å². The molecule has 3 aliphatic heterocycles. The highest BCUT2D eigenvalue weighted by Crippen LogP contribution is 2.41. The Bertz CT molecular complexity index is 937. The molecule has 0 saturated heterocycles. The number of nitrogens with zero attached hydrogens (tertiary/aromatic N) is 2. The van der Waals surface area contributed by atoms with Gasteiger partial charge in [-0.25, -0.2) is 9.48 Å². The third-order valence-corrected chi connectivity index (χ3v) is 6.62. The predicted molar refractivity (Wildman–Crippen MR) is 109 cm³/mol. The number of rotatable bonds is 3. The number of thioether (sulfide) groups is 1. The van der Waals surface area contributed by atoms with E-state index in [1.807, 2.05) is 42.5 Å². The van der Waals surface area contributed by atoms with Crippen molar-refractivity contribution in [2.45, 2.75) is 12.1 Å². The van der Waals surface area contributed by atoms with Crippen LogP contribution in [-0.4, -0.2) is 54.0 Å². The minimum Gasteiger partial charge on any atom is -1.00 e. The summed E-state index contributed by atoms with van der Waals surface area (Å²) in [6.07, 6.45) is 1.04. The molecule has 2 aromatic carbocycles. The molecular weight excluding hydrogens is 456 g/mol. The number of β-amino-alcohol motifs (C(OH)–C–C–N with tert-alkyl or cyclic N) is 1. The summed E-state index contributed by atoms with van der Waals surface area (Å²) >= 11 is 1.79. The van der Waals surface area contributed by atoms with Crippen molar-refractivity contribution in [3.05, 3.63) is 48.0 Å². The number of halogens is 1. The SMILES string of the molecule is COc1ccc(N2CC(O)(c3ccc4c(c3)OCCO4)[N+]3=C2SCCC3)cc1.[Br-]. The van der Waals surface area contributed by atoms with Crippen LogP contribution in [0.3, 0.4) is 0 Å². The topological polar surface area (TPSA) is 54.2 Å². The quantitative estimate of drug-likeness (QED) is 0.608. The van der Waals surface area contributed by atoms with E-state index < -0.39 is 5.72 Å². The van der Waals surface area contributed by atoms with Gasteiger partial charge in [0.1, 0.15) is 24.7 Å². The Balaban J connectivity index is 0.00000205. The number of ether oxygens (including phenoxy) is 3. The van der Waals surface area contributed by atoms with E-state index in [2.05, 4.69) is 9.48 Å². The maximum absolute atomic E-state index is 11.8. The Morgan fingerprint density at radius 2 is 1.86 bits per heavy atom. The molecule has 3 aliphatic rings. The third-order valence-electron chi connectivity index (χ3n) is 5.43. The largest absolute Gasteiger partial charge is 1.00 e. The van der Waals surface area contributed by atoms with Crippen LogP contribution in [0.5, 0.6) is 17.2 Å². The van der Waals surface area contributed by atoms with Crippen LogP contribution in [0.2, 0.25) is 0 Å². The molecule has 0 saturated carbocycles. The van der Waals surface area contributed by atoms with Gasteiger partial charge < -0.3 is 36.3 Å². The molecule has 5 rings (SSSR count). The number of aliphatic hydroxyl groups is 1. The minimum atomic E-state index is -1.11. The van der Waals surface area contributed by atoms with Crippen molar-refractivity contribution in [3.63, 3.8) is 0 Å². The zero-order valence-electron chi connectivity index (χ0n) is 16.1. The highest BCUT2D eigenvalue weighted by Gasteiger charge is 2.53. The Hall–Kier alpha value is -1.90. The fraction of sp³-hybridized carbons (Fsp3) is 0.381. The summed E-state index contributed by atoms with van der Waals surface area (Å²) in [5.74, 6) is 3.31. The van der Waals surface area contributed by atoms with Crippen molar-refractivity contribution in [2.75, 3.05) is 44.1 Å². The number of methoxy groups -OCH3 is 1. The van der Waals surface area contributed by atoms with E-state index in [1.165, 1.54) is 0 Å². The molecule has 6 nitrogen and oxygen atoms in total. The summed E-state index contributed by atoms with van der Waals surface area (Å²) in [5, 5.41) is 12.9. The van der Waals surface area contributed by atoms with Gasteiger partial charge in [0.25, 0.3) is 5.72 Å². The molecule has 3 heterocycles. The fourth-order valence-electron chi connectivity index (χ4n) is 4.00. The molecule has 0 aliphatic carbocycles. The lowest BCUT2D eigenvalue weighted by atomic mass is 10.0. The molecule has 1 N–H and O–H groups in total. The maximum Gasteiger partial charge on any atom is 0.316 e. The second kappa shape index (κ2) is 8.08. The van der Waals surface area contributed by atoms with E-state index in [0.717, 1.165) is 46.6 Å². The summed E-state index contributed by atoms with van der Waals surface area (Å²) in [5.41, 5.74) is 0.759. The molecule has 1 atom stereocenters. The van der Waals surface area contributed by atoms with Crippen LogP contribution in [-0.2, 0) is 5.72 Å². The number of benzene rings is 2. The second-order valence-electron chi connectivity index (χ2n) is 7.10. The first-order valence-corrected chi connectivity index (χ1v) is 10.5. The molecule has 1 unspecified atom stereocenters. The Morgan fingerprint density at radius 1 is 1.10 bits per heavy atom. The lowest BCUT2D eigenvalue weighted by Gasteiger charge is -2.26. The smallest absolute Gasteiger partial charge is 0.316 e. The normalized spacial score (nSPS) is 22.8. The van der Waals surface area contributed by atoms with Crippen molar-refractivity contribution in [3.8, 4) is 17.2 Å². The molecule has 0 amide bonds. The molecule has 154 valence electrons. The number of anilines is 1. The summed E-state index contributed by atoms with van der Waals surface area (Å²) in [4.78, 5) is 2.19. The average Bonchev–Trinajstić information content (AvgIpc) is 3.08. The highest BCUT2D eigenvalue weighted by atomic mass is 79.9. The van der Waals surface area contributed by atoms with E-state index in [4.69, 9.17) is 14.2 Å². The van der Waals surface area contributed by atoms with Gasteiger partial charge in [-0.3, -0.25) is 0 Å². The van der Waals surface area contributed by atoms with Crippen LogP contribution >= 0.6 is 11.8 Å².